The van der Waals surface area contributed by atoms with Crippen molar-refractivity contribution in [2.24, 2.45) is 0 Å². The van der Waals surface area contributed by atoms with E-state index in [1.54, 1.807) is 18.2 Å². The van der Waals surface area contributed by atoms with E-state index in [1.807, 2.05) is 0 Å². The molecule has 26 heavy (non-hydrogen) atoms. The Bertz CT molecular complexity index is 872. The minimum atomic E-state index is -4.00. The van der Waals surface area contributed by atoms with Crippen LogP contribution in [0.4, 0.5) is 4.39 Å². The molecule has 2 aromatic carbocycles. The molecule has 0 fully saturated rings. The number of aliphatic hydroxyl groups is 1. The number of rotatable bonds is 8. The zero-order valence-corrected chi connectivity index (χ0v) is 15.3. The molecule has 2 aromatic rings. The van der Waals surface area contributed by atoms with Gasteiger partial charge in [0.15, 0.2) is 23.1 Å². The van der Waals surface area contributed by atoms with Crippen molar-refractivity contribution in [1.82, 2.24) is 4.72 Å². The molecule has 7 nitrogen and oxygen atoms in total. The summed E-state index contributed by atoms with van der Waals surface area (Å²) in [5.41, 5.74) is 0.436. The molecule has 0 bridgehead atoms. The third-order valence-electron chi connectivity index (χ3n) is 3.69. The minimum absolute atomic E-state index is 0.0608. The van der Waals surface area contributed by atoms with Crippen LogP contribution < -0.4 is 18.9 Å². The molecule has 2 rings (SSSR count). The van der Waals surface area contributed by atoms with E-state index in [9.17, 15) is 17.9 Å². The molecule has 0 aliphatic rings. The Balaban J connectivity index is 2.13. The molecular weight excluding hydrogens is 365 g/mol. The fourth-order valence-electron chi connectivity index (χ4n) is 2.26. The second kappa shape index (κ2) is 8.35. The predicted octanol–water partition coefficient (Wildman–Crippen LogP) is 1.86. The molecule has 0 heterocycles. The van der Waals surface area contributed by atoms with E-state index in [0.29, 0.717) is 17.1 Å². The second-order valence-electron chi connectivity index (χ2n) is 5.28. The van der Waals surface area contributed by atoms with Gasteiger partial charge in [0.25, 0.3) is 0 Å². The number of hydrogen-bond acceptors (Lipinski definition) is 6. The maximum Gasteiger partial charge on any atom is 0.240 e. The quantitative estimate of drug-likeness (QED) is 0.720. The fourth-order valence-corrected chi connectivity index (χ4v) is 3.31. The Morgan fingerprint density at radius 3 is 2.19 bits per heavy atom. The van der Waals surface area contributed by atoms with E-state index >= 15 is 0 Å². The molecule has 9 heteroatoms. The Morgan fingerprint density at radius 1 is 1.00 bits per heavy atom. The average molecular weight is 385 g/mol. The van der Waals surface area contributed by atoms with Crippen LogP contribution in [0.2, 0.25) is 0 Å². The van der Waals surface area contributed by atoms with Crippen molar-refractivity contribution in [2.45, 2.75) is 11.0 Å². The van der Waals surface area contributed by atoms with Crippen molar-refractivity contribution in [1.29, 1.82) is 0 Å². The number of benzene rings is 2. The van der Waals surface area contributed by atoms with Crippen LogP contribution in [0.5, 0.6) is 17.2 Å². The van der Waals surface area contributed by atoms with Crippen LogP contribution >= 0.6 is 0 Å². The van der Waals surface area contributed by atoms with Crippen molar-refractivity contribution in [3.05, 3.63) is 47.8 Å². The van der Waals surface area contributed by atoms with Gasteiger partial charge in [-0.3, -0.25) is 0 Å². The lowest BCUT2D eigenvalue weighted by Gasteiger charge is -2.15. The second-order valence-corrected chi connectivity index (χ2v) is 7.05. The molecular formula is C17H20FNO6S. The largest absolute Gasteiger partial charge is 0.494 e. The predicted molar refractivity (Wildman–Crippen MR) is 92.6 cm³/mol. The molecule has 2 N–H and O–H groups in total. The topological polar surface area (TPSA) is 94.1 Å². The zero-order chi connectivity index (χ0) is 19.3. The fraction of sp³-hybridized carbons (Fsp3) is 0.294. The molecule has 0 amide bonds. The Morgan fingerprint density at radius 2 is 1.62 bits per heavy atom. The molecule has 0 aliphatic heterocycles. The first-order chi connectivity index (χ1) is 12.3. The van der Waals surface area contributed by atoms with Gasteiger partial charge in [-0.1, -0.05) is 6.07 Å². The van der Waals surface area contributed by atoms with E-state index < -0.39 is 21.9 Å². The summed E-state index contributed by atoms with van der Waals surface area (Å²) in [5.74, 6) is 0.0343. The summed E-state index contributed by atoms with van der Waals surface area (Å²) in [6.07, 6.45) is -1.13. The van der Waals surface area contributed by atoms with E-state index in [0.717, 1.165) is 6.07 Å². The van der Waals surface area contributed by atoms with Crippen LogP contribution in [0.3, 0.4) is 0 Å². The highest BCUT2D eigenvalue weighted by molar-refractivity contribution is 7.89. The van der Waals surface area contributed by atoms with E-state index in [2.05, 4.69) is 4.72 Å². The van der Waals surface area contributed by atoms with Gasteiger partial charge in [0, 0.05) is 6.54 Å². The van der Waals surface area contributed by atoms with Crippen LogP contribution in [0.25, 0.3) is 0 Å². The maximum atomic E-state index is 13.7. The van der Waals surface area contributed by atoms with Gasteiger partial charge in [-0.05, 0) is 35.9 Å². The molecule has 0 unspecified atom stereocenters. The molecule has 0 aliphatic carbocycles. The summed E-state index contributed by atoms with van der Waals surface area (Å²) < 4.78 is 55.5. The summed E-state index contributed by atoms with van der Waals surface area (Å²) in [6.45, 7) is -0.300. The summed E-state index contributed by atoms with van der Waals surface area (Å²) >= 11 is 0. The lowest BCUT2D eigenvalue weighted by Crippen LogP contribution is -2.28. The summed E-state index contributed by atoms with van der Waals surface area (Å²) in [6, 6.07) is 8.02. The van der Waals surface area contributed by atoms with Gasteiger partial charge >= 0.3 is 0 Å². The number of nitrogens with one attached hydrogen (secondary N) is 1. The lowest BCUT2D eigenvalue weighted by molar-refractivity contribution is 0.181. The van der Waals surface area contributed by atoms with Crippen LogP contribution in [-0.4, -0.2) is 41.4 Å². The van der Waals surface area contributed by atoms with E-state index in [4.69, 9.17) is 14.2 Å². The third kappa shape index (κ3) is 4.43. The standard InChI is InChI=1S/C17H20FNO6S/c1-23-15-7-5-12(9-13(15)18)26(21,22)19-10-14(20)11-4-6-16(24-2)17(8-11)25-3/h4-9,14,19-20H,10H2,1-3H3/t14-/m0/s1. The molecule has 0 spiro atoms. The highest BCUT2D eigenvalue weighted by Gasteiger charge is 2.19. The van der Waals surface area contributed by atoms with Crippen molar-refractivity contribution >= 4 is 10.0 Å². The van der Waals surface area contributed by atoms with Gasteiger partial charge < -0.3 is 19.3 Å². The monoisotopic (exact) mass is 385 g/mol. The first-order valence-corrected chi connectivity index (χ1v) is 9.04. The van der Waals surface area contributed by atoms with Crippen molar-refractivity contribution < 1.29 is 32.1 Å². The van der Waals surface area contributed by atoms with Gasteiger partial charge in [0.2, 0.25) is 10.0 Å². The third-order valence-corrected chi connectivity index (χ3v) is 5.11. The number of halogens is 1. The smallest absolute Gasteiger partial charge is 0.240 e. The number of sulfonamides is 1. The first kappa shape index (κ1) is 20.0. The van der Waals surface area contributed by atoms with Crippen LogP contribution in [0.1, 0.15) is 11.7 Å². The van der Waals surface area contributed by atoms with E-state index in [1.165, 1.54) is 33.5 Å². The zero-order valence-electron chi connectivity index (χ0n) is 14.5. The maximum absolute atomic E-state index is 13.7. The normalized spacial score (nSPS) is 12.5. The summed E-state index contributed by atoms with van der Waals surface area (Å²) in [7, 11) is 0.217. The molecule has 0 aromatic heterocycles. The highest BCUT2D eigenvalue weighted by Crippen LogP contribution is 2.30. The van der Waals surface area contributed by atoms with Crippen molar-refractivity contribution in [2.75, 3.05) is 27.9 Å². The van der Waals surface area contributed by atoms with Crippen LogP contribution in [-0.2, 0) is 10.0 Å². The molecule has 0 radical (unpaired) electrons. The lowest BCUT2D eigenvalue weighted by atomic mass is 10.1. The number of methoxy groups -OCH3 is 3. The minimum Gasteiger partial charge on any atom is -0.494 e. The molecule has 1 atom stereocenters. The van der Waals surface area contributed by atoms with E-state index in [-0.39, 0.29) is 17.2 Å². The van der Waals surface area contributed by atoms with Crippen molar-refractivity contribution in [3.63, 3.8) is 0 Å². The van der Waals surface area contributed by atoms with Gasteiger partial charge in [-0.25, -0.2) is 17.5 Å². The van der Waals surface area contributed by atoms with Crippen LogP contribution in [0, 0.1) is 5.82 Å². The molecule has 0 saturated carbocycles. The molecule has 0 saturated heterocycles. The Kier molecular flexibility index (Phi) is 6.41. The number of hydrogen-bond donors (Lipinski definition) is 2. The summed E-state index contributed by atoms with van der Waals surface area (Å²) in [5, 5.41) is 10.2. The highest BCUT2D eigenvalue weighted by atomic mass is 32.2. The summed E-state index contributed by atoms with van der Waals surface area (Å²) in [4.78, 5) is -0.268. The van der Waals surface area contributed by atoms with Gasteiger partial charge in [-0.15, -0.1) is 0 Å². The first-order valence-electron chi connectivity index (χ1n) is 7.55. The SMILES string of the molecule is COc1ccc(S(=O)(=O)NC[C@H](O)c2ccc(OC)c(OC)c2)cc1F. The number of ether oxygens (including phenoxy) is 3. The average Bonchev–Trinajstić information content (AvgIpc) is 2.65. The van der Waals surface area contributed by atoms with Gasteiger partial charge in [0.1, 0.15) is 0 Å². The number of aliphatic hydroxyl groups excluding tert-OH is 1. The van der Waals surface area contributed by atoms with Gasteiger partial charge in [0.05, 0.1) is 32.3 Å². The molecule has 142 valence electrons. The Labute approximate surface area is 151 Å². The van der Waals surface area contributed by atoms with Crippen LogP contribution in [0.15, 0.2) is 41.3 Å². The Hall–Kier alpha value is -2.36. The van der Waals surface area contributed by atoms with Gasteiger partial charge in [-0.2, -0.15) is 0 Å². The van der Waals surface area contributed by atoms with Crippen molar-refractivity contribution in [3.8, 4) is 17.2 Å².